The lowest BCUT2D eigenvalue weighted by Crippen LogP contribution is -2.30. The summed E-state index contributed by atoms with van der Waals surface area (Å²) in [5, 5.41) is 2.65. The average Bonchev–Trinajstić information content (AvgIpc) is 2.89. The molecule has 1 aliphatic rings. The van der Waals surface area contributed by atoms with Crippen molar-refractivity contribution in [1.29, 1.82) is 0 Å². The van der Waals surface area contributed by atoms with E-state index >= 15 is 0 Å². The summed E-state index contributed by atoms with van der Waals surface area (Å²) in [6.45, 7) is 0. The van der Waals surface area contributed by atoms with E-state index in [0.29, 0.717) is 17.5 Å². The SMILES string of the molecule is O=C1NC(Cc2ccc(OC(F)(F)F)cc2)C(c2ccc(F)cc2)O1. The highest BCUT2D eigenvalue weighted by atomic mass is 19.4. The van der Waals surface area contributed by atoms with Gasteiger partial charge >= 0.3 is 12.5 Å². The predicted molar refractivity (Wildman–Crippen MR) is 79.4 cm³/mol. The monoisotopic (exact) mass is 355 g/mol. The number of nitrogens with one attached hydrogen (secondary N) is 1. The van der Waals surface area contributed by atoms with Gasteiger partial charge in [0.15, 0.2) is 0 Å². The van der Waals surface area contributed by atoms with Gasteiger partial charge in [0, 0.05) is 0 Å². The Kier molecular flexibility index (Phi) is 4.52. The summed E-state index contributed by atoms with van der Waals surface area (Å²) in [7, 11) is 0. The summed E-state index contributed by atoms with van der Waals surface area (Å²) in [5.41, 5.74) is 1.32. The summed E-state index contributed by atoms with van der Waals surface area (Å²) in [5.74, 6) is -0.726. The van der Waals surface area contributed by atoms with Crippen LogP contribution in [0.1, 0.15) is 17.2 Å². The molecule has 4 nitrogen and oxygen atoms in total. The molecule has 2 aromatic carbocycles. The Morgan fingerprint density at radius 3 is 2.28 bits per heavy atom. The van der Waals surface area contributed by atoms with Crippen LogP contribution in [0.5, 0.6) is 5.75 Å². The number of carbonyl (C=O) groups is 1. The summed E-state index contributed by atoms with van der Waals surface area (Å²) < 4.78 is 58.6. The van der Waals surface area contributed by atoms with Crippen molar-refractivity contribution >= 4 is 6.09 Å². The zero-order valence-corrected chi connectivity index (χ0v) is 12.7. The third kappa shape index (κ3) is 4.40. The van der Waals surface area contributed by atoms with E-state index in [2.05, 4.69) is 10.1 Å². The fourth-order valence-electron chi connectivity index (χ4n) is 2.65. The first-order chi connectivity index (χ1) is 11.8. The van der Waals surface area contributed by atoms with Crippen LogP contribution < -0.4 is 10.1 Å². The van der Waals surface area contributed by atoms with Crippen molar-refractivity contribution in [3.63, 3.8) is 0 Å². The van der Waals surface area contributed by atoms with Crippen molar-refractivity contribution < 1.29 is 31.8 Å². The number of hydrogen-bond donors (Lipinski definition) is 1. The Morgan fingerprint density at radius 2 is 1.68 bits per heavy atom. The highest BCUT2D eigenvalue weighted by Crippen LogP contribution is 2.29. The zero-order chi connectivity index (χ0) is 18.0. The molecule has 2 aromatic rings. The molecule has 2 unspecified atom stereocenters. The van der Waals surface area contributed by atoms with E-state index in [1.807, 2.05) is 0 Å². The first-order valence-electron chi connectivity index (χ1n) is 7.37. The molecular weight excluding hydrogens is 342 g/mol. The molecular formula is C17H13F4NO3. The number of alkyl carbamates (subject to hydrolysis) is 1. The van der Waals surface area contributed by atoms with E-state index in [1.54, 1.807) is 0 Å². The van der Waals surface area contributed by atoms with Gasteiger partial charge in [-0.3, -0.25) is 0 Å². The van der Waals surface area contributed by atoms with E-state index in [4.69, 9.17) is 4.74 Å². The second-order valence-electron chi connectivity index (χ2n) is 5.52. The van der Waals surface area contributed by atoms with Gasteiger partial charge in [0.1, 0.15) is 17.7 Å². The Balaban J connectivity index is 1.72. The fourth-order valence-corrected chi connectivity index (χ4v) is 2.65. The third-order valence-corrected chi connectivity index (χ3v) is 3.71. The Hall–Kier alpha value is -2.77. The molecule has 132 valence electrons. The molecule has 0 saturated carbocycles. The topological polar surface area (TPSA) is 47.6 Å². The zero-order valence-electron chi connectivity index (χ0n) is 12.7. The molecule has 0 radical (unpaired) electrons. The van der Waals surface area contributed by atoms with E-state index in [-0.39, 0.29) is 5.75 Å². The number of cyclic esters (lactones) is 1. The number of halogens is 4. The number of hydrogen-bond acceptors (Lipinski definition) is 3. The van der Waals surface area contributed by atoms with Crippen LogP contribution in [0.3, 0.4) is 0 Å². The maximum absolute atomic E-state index is 13.0. The normalized spacial score (nSPS) is 20.1. The van der Waals surface area contributed by atoms with Crippen molar-refractivity contribution in [2.75, 3.05) is 0 Å². The molecule has 0 spiro atoms. The molecule has 8 heteroatoms. The highest BCUT2D eigenvalue weighted by molar-refractivity contribution is 5.70. The van der Waals surface area contributed by atoms with Gasteiger partial charge in [-0.1, -0.05) is 24.3 Å². The molecule has 0 aromatic heterocycles. The second-order valence-corrected chi connectivity index (χ2v) is 5.52. The summed E-state index contributed by atoms with van der Waals surface area (Å²) in [6, 6.07) is 10.5. The number of ether oxygens (including phenoxy) is 2. The van der Waals surface area contributed by atoms with Gasteiger partial charge in [0.2, 0.25) is 0 Å². The minimum atomic E-state index is -4.75. The minimum Gasteiger partial charge on any atom is -0.439 e. The van der Waals surface area contributed by atoms with Crippen LogP contribution in [0.4, 0.5) is 22.4 Å². The predicted octanol–water partition coefficient (Wildman–Crippen LogP) is 4.12. The molecule has 1 amide bonds. The third-order valence-electron chi connectivity index (χ3n) is 3.71. The lowest BCUT2D eigenvalue weighted by molar-refractivity contribution is -0.274. The fraction of sp³-hybridized carbons (Fsp3) is 0.235. The number of amides is 1. The van der Waals surface area contributed by atoms with Crippen LogP contribution >= 0.6 is 0 Å². The quantitative estimate of drug-likeness (QED) is 0.840. The summed E-state index contributed by atoms with van der Waals surface area (Å²) in [4.78, 5) is 11.6. The van der Waals surface area contributed by atoms with Gasteiger partial charge in [-0.25, -0.2) is 9.18 Å². The van der Waals surface area contributed by atoms with Crippen LogP contribution in [0.2, 0.25) is 0 Å². The Morgan fingerprint density at radius 1 is 1.04 bits per heavy atom. The van der Waals surface area contributed by atoms with E-state index in [1.165, 1.54) is 48.5 Å². The first kappa shape index (κ1) is 17.1. The van der Waals surface area contributed by atoms with Crippen LogP contribution in [0, 0.1) is 5.82 Å². The maximum Gasteiger partial charge on any atom is 0.573 e. The van der Waals surface area contributed by atoms with Crippen LogP contribution in [-0.2, 0) is 11.2 Å². The van der Waals surface area contributed by atoms with Crippen molar-refractivity contribution in [1.82, 2.24) is 5.32 Å². The molecule has 1 aliphatic heterocycles. The maximum atomic E-state index is 13.0. The van der Waals surface area contributed by atoms with Crippen LogP contribution in [0.15, 0.2) is 48.5 Å². The molecule has 1 fully saturated rings. The van der Waals surface area contributed by atoms with E-state index in [9.17, 15) is 22.4 Å². The van der Waals surface area contributed by atoms with Crippen molar-refractivity contribution in [2.24, 2.45) is 0 Å². The molecule has 0 bridgehead atoms. The molecule has 3 rings (SSSR count). The molecule has 0 aliphatic carbocycles. The largest absolute Gasteiger partial charge is 0.573 e. The van der Waals surface area contributed by atoms with E-state index in [0.717, 1.165) is 0 Å². The van der Waals surface area contributed by atoms with Crippen LogP contribution in [-0.4, -0.2) is 18.5 Å². The lowest BCUT2D eigenvalue weighted by Gasteiger charge is -2.17. The first-order valence-corrected chi connectivity index (χ1v) is 7.37. The van der Waals surface area contributed by atoms with Crippen molar-refractivity contribution in [2.45, 2.75) is 24.9 Å². The summed E-state index contributed by atoms with van der Waals surface area (Å²) >= 11 is 0. The average molecular weight is 355 g/mol. The minimum absolute atomic E-state index is 0.321. The van der Waals surface area contributed by atoms with Crippen molar-refractivity contribution in [3.05, 3.63) is 65.5 Å². The van der Waals surface area contributed by atoms with Gasteiger partial charge in [-0.15, -0.1) is 13.2 Å². The number of carbonyl (C=O) groups excluding carboxylic acids is 1. The Bertz CT molecular complexity index is 744. The van der Waals surface area contributed by atoms with Gasteiger partial charge in [0.05, 0.1) is 6.04 Å². The molecule has 1 heterocycles. The molecule has 2 atom stereocenters. The highest BCUT2D eigenvalue weighted by Gasteiger charge is 2.35. The van der Waals surface area contributed by atoms with Gasteiger partial charge in [-0.2, -0.15) is 0 Å². The molecule has 1 saturated heterocycles. The number of benzene rings is 2. The molecule has 1 N–H and O–H groups in total. The van der Waals surface area contributed by atoms with Crippen LogP contribution in [0.25, 0.3) is 0 Å². The van der Waals surface area contributed by atoms with Crippen molar-refractivity contribution in [3.8, 4) is 5.75 Å². The number of alkyl halides is 3. The van der Waals surface area contributed by atoms with Gasteiger partial charge < -0.3 is 14.8 Å². The lowest BCUT2D eigenvalue weighted by atomic mass is 9.97. The van der Waals surface area contributed by atoms with Gasteiger partial charge in [0.25, 0.3) is 0 Å². The second kappa shape index (κ2) is 6.62. The summed E-state index contributed by atoms with van der Waals surface area (Å²) in [6.07, 6.45) is -5.63. The smallest absolute Gasteiger partial charge is 0.439 e. The molecule has 25 heavy (non-hydrogen) atoms. The van der Waals surface area contributed by atoms with Gasteiger partial charge in [-0.05, 0) is 41.8 Å². The Labute approximate surface area is 140 Å². The number of rotatable bonds is 4. The van der Waals surface area contributed by atoms with E-state index < -0.39 is 30.4 Å². The standard InChI is InChI=1S/C17H13F4NO3/c18-12-5-3-11(4-6-12)15-14(22-16(23)24-15)9-10-1-7-13(8-2-10)25-17(19,20)21/h1-8,14-15H,9H2,(H,22,23).